The first-order chi connectivity index (χ1) is 12.0. The van der Waals surface area contributed by atoms with Crippen molar-refractivity contribution in [3.63, 3.8) is 0 Å². The number of hydrogen-bond donors (Lipinski definition) is 2. The number of Topliss-reactive ketones (excluding diaryl/α,β-unsaturated/α-hetero) is 1. The number of fused-ring (bicyclic) bond motifs is 2. The van der Waals surface area contributed by atoms with Crippen LogP contribution < -0.4 is 0 Å². The molecular weight excluding hydrogens is 433 g/mol. The van der Waals surface area contributed by atoms with Gasteiger partial charge in [-0.3, -0.25) is 9.59 Å². The molecule has 0 saturated heterocycles. The molecule has 1 aliphatic carbocycles. The van der Waals surface area contributed by atoms with E-state index in [1.54, 1.807) is 40.8 Å². The molecule has 25 heavy (non-hydrogen) atoms. The van der Waals surface area contributed by atoms with Gasteiger partial charge in [-0.2, -0.15) is 0 Å². The highest BCUT2D eigenvalue weighted by Gasteiger charge is 2.33. The Labute approximate surface area is 155 Å². The maximum absolute atomic E-state index is 12.7. The van der Waals surface area contributed by atoms with Gasteiger partial charge in [0.2, 0.25) is 3.79 Å². The number of para-hydroxylation sites is 1. The molecule has 0 spiro atoms. The monoisotopic (exact) mass is 443 g/mol. The molecule has 0 fully saturated rings. The molecule has 0 radical (unpaired) electrons. The molecule has 0 saturated carbocycles. The smallest absolute Gasteiger partial charge is 0.222 e. The van der Waals surface area contributed by atoms with Crippen molar-refractivity contribution in [1.29, 1.82) is 0 Å². The number of hydrogen-bond acceptors (Lipinski definition) is 5. The number of aliphatic hydroxyl groups is 1. The molecule has 6 heteroatoms. The second-order valence-electron chi connectivity index (χ2n) is 5.64. The first-order valence-corrected chi connectivity index (χ1v) is 8.46. The molecule has 0 unspecified atom stereocenters. The summed E-state index contributed by atoms with van der Waals surface area (Å²) >= 11 is 1.64. The van der Waals surface area contributed by atoms with E-state index in [9.17, 15) is 19.8 Å². The minimum absolute atomic E-state index is 0.0275. The summed E-state index contributed by atoms with van der Waals surface area (Å²) in [5, 5.41) is 21.6. The third kappa shape index (κ3) is 2.41. The van der Waals surface area contributed by atoms with Crippen molar-refractivity contribution in [2.24, 2.45) is 0 Å². The van der Waals surface area contributed by atoms with Crippen LogP contribution in [0, 0.1) is 0 Å². The number of aliphatic hydroxyl groups excluding tert-OH is 1. The van der Waals surface area contributed by atoms with Crippen molar-refractivity contribution in [2.45, 2.75) is 0 Å². The van der Waals surface area contributed by atoms with Gasteiger partial charge in [-0.05, 0) is 30.3 Å². The van der Waals surface area contributed by atoms with Crippen LogP contribution in [0.1, 0.15) is 32.0 Å². The van der Waals surface area contributed by atoms with E-state index in [-0.39, 0.29) is 37.7 Å². The van der Waals surface area contributed by atoms with E-state index < -0.39 is 5.78 Å². The van der Waals surface area contributed by atoms with Crippen LogP contribution in [0.4, 0.5) is 0 Å². The van der Waals surface area contributed by atoms with Crippen LogP contribution in [-0.2, 0) is 0 Å². The number of ketones is 1. The van der Waals surface area contributed by atoms with Crippen LogP contribution in [-0.4, -0.2) is 24.8 Å². The molecule has 1 aliphatic rings. The van der Waals surface area contributed by atoms with E-state index in [2.05, 4.69) is 4.98 Å². The highest BCUT2D eigenvalue weighted by Crippen LogP contribution is 2.40. The molecule has 2 aromatic carbocycles. The lowest BCUT2D eigenvalue weighted by atomic mass is 10.0. The summed E-state index contributed by atoms with van der Waals surface area (Å²) in [5.74, 6) is -0.901. The second kappa shape index (κ2) is 5.66. The number of carbonyl (C=O) groups is 2. The number of carbonyl (C=O) groups excluding carboxylic acids is 2. The van der Waals surface area contributed by atoms with Gasteiger partial charge >= 0.3 is 0 Å². The molecule has 0 amide bonds. The minimum Gasteiger partial charge on any atom is -0.506 e. The van der Waals surface area contributed by atoms with Crippen LogP contribution in [0.2, 0.25) is 0 Å². The van der Waals surface area contributed by atoms with Gasteiger partial charge in [0.1, 0.15) is 17.2 Å². The predicted octanol–water partition coefficient (Wildman–Crippen LogP) is 4.14. The third-order valence-electron chi connectivity index (χ3n) is 4.15. The molecule has 5 nitrogen and oxygen atoms in total. The first kappa shape index (κ1) is 15.8. The van der Waals surface area contributed by atoms with Crippen molar-refractivity contribution in [2.75, 3.05) is 0 Å². The largest absolute Gasteiger partial charge is 0.506 e. The Bertz CT molecular complexity index is 1120. The van der Waals surface area contributed by atoms with Crippen molar-refractivity contribution in [3.8, 4) is 5.75 Å². The lowest BCUT2D eigenvalue weighted by Crippen LogP contribution is -2.01. The molecule has 2 N–H and O–H groups in total. The molecule has 3 aromatic rings. The average Bonchev–Trinajstić information content (AvgIpc) is 2.85. The lowest BCUT2D eigenvalue weighted by Gasteiger charge is -2.06. The van der Waals surface area contributed by atoms with E-state index in [4.69, 9.17) is 0 Å². The highest BCUT2D eigenvalue weighted by molar-refractivity contribution is 14.1. The Morgan fingerprint density at radius 2 is 1.76 bits per heavy atom. The number of pyridine rings is 1. The standard InChI is InChI=1S/C19H10INO4/c20-19(25)10-5-6-11-12(7-10)18(24)15(17(11)23)16-14(22)8-9-3-1-2-4-13(9)21-16/h1-8,22,24H. The number of aromatic nitrogens is 1. The molecule has 0 atom stereocenters. The fraction of sp³-hybridized carbons (Fsp3) is 0. The number of benzene rings is 2. The van der Waals surface area contributed by atoms with Crippen LogP contribution in [0.15, 0.2) is 48.5 Å². The highest BCUT2D eigenvalue weighted by atomic mass is 127. The van der Waals surface area contributed by atoms with E-state index in [0.717, 1.165) is 5.39 Å². The van der Waals surface area contributed by atoms with Gasteiger partial charge in [0.05, 0.1) is 11.1 Å². The van der Waals surface area contributed by atoms with Gasteiger partial charge in [-0.15, -0.1) is 0 Å². The number of aromatic hydroxyl groups is 1. The van der Waals surface area contributed by atoms with Gasteiger partial charge in [0, 0.05) is 44.7 Å². The number of allylic oxidation sites excluding steroid dienone is 1. The zero-order valence-corrected chi connectivity index (χ0v) is 14.8. The average molecular weight is 443 g/mol. The second-order valence-corrected chi connectivity index (χ2v) is 6.62. The zero-order chi connectivity index (χ0) is 17.7. The number of nitrogens with zero attached hydrogens (tertiary/aromatic N) is 1. The first-order valence-electron chi connectivity index (χ1n) is 7.38. The Kier molecular flexibility index (Phi) is 3.57. The van der Waals surface area contributed by atoms with Gasteiger partial charge < -0.3 is 10.2 Å². The zero-order valence-electron chi connectivity index (χ0n) is 12.7. The fourth-order valence-electron chi connectivity index (χ4n) is 2.95. The Morgan fingerprint density at radius 1 is 1.00 bits per heavy atom. The maximum atomic E-state index is 12.7. The summed E-state index contributed by atoms with van der Waals surface area (Å²) in [4.78, 5) is 28.6. The summed E-state index contributed by atoms with van der Waals surface area (Å²) in [5.41, 5.74) is 1.51. The molecule has 122 valence electrons. The summed E-state index contributed by atoms with van der Waals surface area (Å²) in [6, 6.07) is 13.2. The van der Waals surface area contributed by atoms with E-state index in [1.807, 2.05) is 6.07 Å². The van der Waals surface area contributed by atoms with Gasteiger partial charge in [-0.25, -0.2) is 4.98 Å². The molecule has 1 heterocycles. The van der Waals surface area contributed by atoms with Crippen molar-refractivity contribution >= 4 is 54.4 Å². The predicted molar refractivity (Wildman–Crippen MR) is 102 cm³/mol. The van der Waals surface area contributed by atoms with E-state index in [1.165, 1.54) is 24.3 Å². The third-order valence-corrected chi connectivity index (χ3v) is 4.77. The summed E-state index contributed by atoms with van der Waals surface area (Å²) in [6.07, 6.45) is 0. The lowest BCUT2D eigenvalue weighted by molar-refractivity contribution is 0.105. The Hall–Kier alpha value is -2.74. The fourth-order valence-corrected chi connectivity index (χ4v) is 3.28. The SMILES string of the molecule is O=C(I)c1ccc2c(c1)C(O)=C(c1nc3ccccc3cc1O)C2=O. The van der Waals surface area contributed by atoms with Crippen LogP contribution in [0.5, 0.6) is 5.75 Å². The molecule has 0 aliphatic heterocycles. The van der Waals surface area contributed by atoms with Gasteiger partial charge in [-0.1, -0.05) is 18.2 Å². The van der Waals surface area contributed by atoms with Crippen LogP contribution in [0.3, 0.4) is 0 Å². The summed E-state index contributed by atoms with van der Waals surface area (Å²) in [7, 11) is 0. The van der Waals surface area contributed by atoms with Crippen molar-refractivity contribution in [1.82, 2.24) is 4.98 Å². The van der Waals surface area contributed by atoms with Crippen molar-refractivity contribution in [3.05, 3.63) is 70.9 Å². The number of rotatable bonds is 2. The quantitative estimate of drug-likeness (QED) is 0.460. The van der Waals surface area contributed by atoms with Crippen LogP contribution >= 0.6 is 22.6 Å². The molecule has 0 bridgehead atoms. The summed E-state index contributed by atoms with van der Waals surface area (Å²) in [6.45, 7) is 0. The summed E-state index contributed by atoms with van der Waals surface area (Å²) < 4.78 is -0.194. The Morgan fingerprint density at radius 3 is 2.52 bits per heavy atom. The maximum Gasteiger partial charge on any atom is 0.222 e. The molecular formula is C19H10INO4. The van der Waals surface area contributed by atoms with Crippen molar-refractivity contribution < 1.29 is 19.8 Å². The topological polar surface area (TPSA) is 87.5 Å². The minimum atomic E-state index is -0.432. The van der Waals surface area contributed by atoms with Gasteiger partial charge in [0.25, 0.3) is 0 Å². The molecule has 1 aromatic heterocycles. The van der Waals surface area contributed by atoms with E-state index in [0.29, 0.717) is 11.1 Å². The molecule has 4 rings (SSSR count). The number of halogens is 1. The normalized spacial score (nSPS) is 13.4. The van der Waals surface area contributed by atoms with E-state index >= 15 is 0 Å². The van der Waals surface area contributed by atoms with Gasteiger partial charge in [0.15, 0.2) is 5.78 Å². The Balaban J connectivity index is 1.95. The van der Waals surface area contributed by atoms with Crippen LogP contribution in [0.25, 0.3) is 22.2 Å².